The molecule has 7 nitrogen and oxygen atoms in total. The van der Waals surface area contributed by atoms with Gasteiger partial charge in [-0.05, 0) is 77.7 Å². The topological polar surface area (TPSA) is 77.1 Å². The number of benzene rings is 1. The highest BCUT2D eigenvalue weighted by atomic mass is 16.6. The lowest BCUT2D eigenvalue weighted by Gasteiger charge is -2.52. The second-order valence-electron chi connectivity index (χ2n) is 11.1. The SMILES string of the molecule is CC1OCC2(CCCN(C(=O)OC(C)(C)C)C2COC2CCC(c3ccccc3)CC2)NC1=O. The van der Waals surface area contributed by atoms with Crippen molar-refractivity contribution in [3.8, 4) is 0 Å². The molecule has 7 heteroatoms. The minimum absolute atomic E-state index is 0.134. The standard InChI is InChI=1S/C27H40N2O5/c1-19-24(30)28-27(18-33-19)15-8-16-29(25(31)34-26(2,3)4)23(27)17-32-22-13-11-21(12-14-22)20-9-6-5-7-10-20/h5-7,9-10,19,21-23H,8,11-18H2,1-4H3,(H,28,30). The Morgan fingerprint density at radius 1 is 1.18 bits per heavy atom. The van der Waals surface area contributed by atoms with Crippen molar-refractivity contribution in [2.45, 2.75) is 102 Å². The number of amides is 2. The van der Waals surface area contributed by atoms with Crippen LogP contribution >= 0.6 is 0 Å². The summed E-state index contributed by atoms with van der Waals surface area (Å²) in [5.74, 6) is 0.443. The van der Waals surface area contributed by atoms with Crippen molar-refractivity contribution in [3.63, 3.8) is 0 Å². The summed E-state index contributed by atoms with van der Waals surface area (Å²) < 4.78 is 18.0. The summed E-state index contributed by atoms with van der Waals surface area (Å²) in [7, 11) is 0. The van der Waals surface area contributed by atoms with E-state index in [2.05, 4.69) is 35.6 Å². The third kappa shape index (κ3) is 5.74. The predicted octanol–water partition coefficient (Wildman–Crippen LogP) is 4.40. The Hall–Kier alpha value is -2.12. The molecule has 1 saturated carbocycles. The van der Waals surface area contributed by atoms with Gasteiger partial charge in [0.2, 0.25) is 5.91 Å². The van der Waals surface area contributed by atoms with Crippen LogP contribution in [-0.2, 0) is 19.0 Å². The molecule has 1 aromatic carbocycles. The Labute approximate surface area is 203 Å². The molecular weight excluding hydrogens is 432 g/mol. The van der Waals surface area contributed by atoms with E-state index in [0.29, 0.717) is 25.7 Å². The monoisotopic (exact) mass is 472 g/mol. The summed E-state index contributed by atoms with van der Waals surface area (Å²) in [5.41, 5.74) is 0.156. The third-order valence-corrected chi connectivity index (χ3v) is 7.43. The fourth-order valence-corrected chi connectivity index (χ4v) is 5.54. The molecule has 2 saturated heterocycles. The first-order valence-electron chi connectivity index (χ1n) is 12.8. The van der Waals surface area contributed by atoms with Crippen LogP contribution < -0.4 is 5.32 Å². The fourth-order valence-electron chi connectivity index (χ4n) is 5.54. The van der Waals surface area contributed by atoms with E-state index in [1.165, 1.54) is 5.56 Å². The lowest BCUT2D eigenvalue weighted by molar-refractivity contribution is -0.154. The second-order valence-corrected chi connectivity index (χ2v) is 11.1. The summed E-state index contributed by atoms with van der Waals surface area (Å²) in [6, 6.07) is 10.4. The molecule has 3 unspecified atom stereocenters. The van der Waals surface area contributed by atoms with E-state index in [4.69, 9.17) is 14.2 Å². The van der Waals surface area contributed by atoms with Crippen LogP contribution in [0.1, 0.15) is 77.7 Å². The maximum atomic E-state index is 13.1. The summed E-state index contributed by atoms with van der Waals surface area (Å²) in [6.45, 7) is 8.67. The average Bonchev–Trinajstić information content (AvgIpc) is 2.80. The number of nitrogens with zero attached hydrogens (tertiary/aromatic N) is 1. The van der Waals surface area contributed by atoms with Crippen LogP contribution in [0.3, 0.4) is 0 Å². The molecule has 2 amide bonds. The largest absolute Gasteiger partial charge is 0.444 e. The van der Waals surface area contributed by atoms with Crippen molar-refractivity contribution < 1.29 is 23.8 Å². The maximum Gasteiger partial charge on any atom is 0.410 e. The van der Waals surface area contributed by atoms with Gasteiger partial charge >= 0.3 is 6.09 Å². The summed E-state index contributed by atoms with van der Waals surface area (Å²) in [6.07, 6.45) is 5.00. The van der Waals surface area contributed by atoms with Crippen LogP contribution in [-0.4, -0.2) is 66.0 Å². The molecule has 1 aromatic rings. The summed E-state index contributed by atoms with van der Waals surface area (Å²) >= 11 is 0. The number of rotatable bonds is 4. The van der Waals surface area contributed by atoms with Gasteiger partial charge in [0.05, 0.1) is 30.9 Å². The lowest BCUT2D eigenvalue weighted by atomic mass is 9.80. The molecule has 0 aromatic heterocycles. The summed E-state index contributed by atoms with van der Waals surface area (Å²) in [4.78, 5) is 27.5. The molecule has 3 atom stereocenters. The molecule has 2 heterocycles. The smallest absolute Gasteiger partial charge is 0.410 e. The minimum atomic E-state index is -0.653. The molecule has 188 valence electrons. The van der Waals surface area contributed by atoms with Crippen LogP contribution in [0.15, 0.2) is 30.3 Å². The van der Waals surface area contributed by atoms with Crippen molar-refractivity contribution in [2.75, 3.05) is 19.8 Å². The van der Waals surface area contributed by atoms with Crippen LogP contribution in [0.2, 0.25) is 0 Å². The van der Waals surface area contributed by atoms with Crippen molar-refractivity contribution in [3.05, 3.63) is 35.9 Å². The van der Waals surface area contributed by atoms with Gasteiger partial charge in [-0.25, -0.2) is 4.79 Å². The first kappa shape index (κ1) is 25.0. The number of hydrogen-bond donors (Lipinski definition) is 1. The highest BCUT2D eigenvalue weighted by Crippen LogP contribution is 2.36. The number of hydrogen-bond acceptors (Lipinski definition) is 5. The Morgan fingerprint density at radius 2 is 1.88 bits per heavy atom. The second kappa shape index (κ2) is 10.2. The fraction of sp³-hybridized carbons (Fsp3) is 0.704. The molecule has 1 N–H and O–H groups in total. The maximum absolute atomic E-state index is 13.1. The summed E-state index contributed by atoms with van der Waals surface area (Å²) in [5, 5.41) is 3.20. The van der Waals surface area contributed by atoms with Gasteiger partial charge in [0.25, 0.3) is 0 Å². The van der Waals surface area contributed by atoms with Gasteiger partial charge in [-0.2, -0.15) is 0 Å². The van der Waals surface area contributed by atoms with Crippen LogP contribution in [0.4, 0.5) is 4.79 Å². The molecule has 2 aliphatic heterocycles. The number of ether oxygens (including phenoxy) is 3. The molecular formula is C27H40N2O5. The molecule has 34 heavy (non-hydrogen) atoms. The molecule has 3 aliphatic rings. The molecule has 3 fully saturated rings. The zero-order chi connectivity index (χ0) is 24.3. The molecule has 4 rings (SSSR count). The number of morpholine rings is 1. The lowest BCUT2D eigenvalue weighted by Crippen LogP contribution is -2.73. The van der Waals surface area contributed by atoms with E-state index < -0.39 is 17.2 Å². The van der Waals surface area contributed by atoms with Gasteiger partial charge in [-0.15, -0.1) is 0 Å². The Kier molecular flexibility index (Phi) is 7.53. The molecule has 0 bridgehead atoms. The van der Waals surface area contributed by atoms with E-state index in [1.54, 1.807) is 11.8 Å². The zero-order valence-corrected chi connectivity index (χ0v) is 21.0. The average molecular weight is 473 g/mol. The van der Waals surface area contributed by atoms with Gasteiger partial charge < -0.3 is 24.4 Å². The number of piperidine rings is 1. The van der Waals surface area contributed by atoms with Crippen molar-refractivity contribution in [2.24, 2.45) is 0 Å². The van der Waals surface area contributed by atoms with E-state index in [9.17, 15) is 9.59 Å². The quantitative estimate of drug-likeness (QED) is 0.703. The van der Waals surface area contributed by atoms with Gasteiger partial charge in [0.15, 0.2) is 0 Å². The van der Waals surface area contributed by atoms with Crippen LogP contribution in [0.5, 0.6) is 0 Å². The Bertz CT molecular complexity index is 846. The molecule has 1 spiro atoms. The zero-order valence-electron chi connectivity index (χ0n) is 21.0. The number of carbonyl (C=O) groups excluding carboxylic acids is 2. The van der Waals surface area contributed by atoms with Crippen LogP contribution in [0.25, 0.3) is 0 Å². The van der Waals surface area contributed by atoms with Gasteiger partial charge in [0.1, 0.15) is 11.7 Å². The number of nitrogens with one attached hydrogen (secondary N) is 1. The first-order chi connectivity index (χ1) is 16.2. The normalized spacial score (nSPS) is 32.4. The predicted molar refractivity (Wildman–Crippen MR) is 130 cm³/mol. The molecule has 0 radical (unpaired) electrons. The van der Waals surface area contributed by atoms with Gasteiger partial charge in [-0.3, -0.25) is 4.79 Å². The Balaban J connectivity index is 1.44. The first-order valence-corrected chi connectivity index (χ1v) is 12.8. The van der Waals surface area contributed by atoms with Gasteiger partial charge in [-0.1, -0.05) is 30.3 Å². The minimum Gasteiger partial charge on any atom is -0.444 e. The number of carbonyl (C=O) groups is 2. The van der Waals surface area contributed by atoms with E-state index in [1.807, 2.05) is 20.8 Å². The van der Waals surface area contributed by atoms with Gasteiger partial charge in [0, 0.05) is 6.54 Å². The van der Waals surface area contributed by atoms with Crippen molar-refractivity contribution in [1.82, 2.24) is 10.2 Å². The van der Waals surface area contributed by atoms with E-state index >= 15 is 0 Å². The van der Waals surface area contributed by atoms with E-state index in [0.717, 1.165) is 38.5 Å². The van der Waals surface area contributed by atoms with E-state index in [-0.39, 0.29) is 24.1 Å². The number of likely N-dealkylation sites (tertiary alicyclic amines) is 1. The van der Waals surface area contributed by atoms with Crippen molar-refractivity contribution >= 4 is 12.0 Å². The third-order valence-electron chi connectivity index (χ3n) is 7.43. The highest BCUT2D eigenvalue weighted by molar-refractivity contribution is 5.82. The molecule has 1 aliphatic carbocycles. The van der Waals surface area contributed by atoms with Crippen LogP contribution in [0, 0.1) is 0 Å². The Morgan fingerprint density at radius 3 is 2.53 bits per heavy atom. The highest BCUT2D eigenvalue weighted by Gasteiger charge is 2.51. The van der Waals surface area contributed by atoms with Crippen molar-refractivity contribution in [1.29, 1.82) is 0 Å².